The average molecular weight is 489 g/mol. The third-order valence-electron chi connectivity index (χ3n) is 7.08. The van der Waals surface area contributed by atoms with Crippen molar-refractivity contribution in [2.75, 3.05) is 23.0 Å². The Bertz CT molecular complexity index is 1240. The zero-order valence-corrected chi connectivity index (χ0v) is 20.3. The zero-order valence-electron chi connectivity index (χ0n) is 20.3. The molecule has 2 aliphatic heterocycles. The molecule has 0 bridgehead atoms. The molecule has 2 fully saturated rings. The molecule has 0 spiro atoms. The molecule has 8 heteroatoms. The Hall–Kier alpha value is -3.94. The molecule has 3 amide bonds. The van der Waals surface area contributed by atoms with Gasteiger partial charge in [-0.1, -0.05) is 25.1 Å². The number of hydrogen-bond donors (Lipinski definition) is 0. The van der Waals surface area contributed by atoms with Crippen molar-refractivity contribution in [2.45, 2.75) is 26.7 Å². The first-order valence-electron chi connectivity index (χ1n) is 12.3. The summed E-state index contributed by atoms with van der Waals surface area (Å²) in [7, 11) is 0. The van der Waals surface area contributed by atoms with Crippen molar-refractivity contribution in [1.29, 1.82) is 0 Å². The number of imide groups is 1. The molecule has 0 saturated carbocycles. The number of allylic oxidation sites excluding steroid dienone is 2. The molecule has 8 nitrogen and oxygen atoms in total. The summed E-state index contributed by atoms with van der Waals surface area (Å²) in [5, 5.41) is 0. The normalized spacial score (nSPS) is 25.3. The second-order valence-corrected chi connectivity index (χ2v) is 9.42. The number of fused-ring (bicyclic) bond motifs is 1. The highest BCUT2D eigenvalue weighted by Crippen LogP contribution is 2.41. The van der Waals surface area contributed by atoms with E-state index in [-0.39, 0.29) is 54.2 Å². The molecule has 0 unspecified atom stereocenters. The van der Waals surface area contributed by atoms with Gasteiger partial charge in [0.05, 0.1) is 30.0 Å². The summed E-state index contributed by atoms with van der Waals surface area (Å²) in [5.74, 6) is -1.56. The van der Waals surface area contributed by atoms with Gasteiger partial charge in [0.15, 0.2) is 0 Å². The number of carbonyl (C=O) groups is 4. The first-order chi connectivity index (χ1) is 17.4. The summed E-state index contributed by atoms with van der Waals surface area (Å²) in [6.45, 7) is 4.60. The molecule has 3 aliphatic rings. The molecule has 2 aromatic rings. The van der Waals surface area contributed by atoms with Crippen molar-refractivity contribution in [3.8, 4) is 11.5 Å². The van der Waals surface area contributed by atoms with Crippen LogP contribution in [0.25, 0.3) is 0 Å². The summed E-state index contributed by atoms with van der Waals surface area (Å²) in [6, 6.07) is 13.6. The molecule has 0 radical (unpaired) electrons. The van der Waals surface area contributed by atoms with E-state index in [1.807, 2.05) is 26.0 Å². The minimum atomic E-state index is -0.627. The fourth-order valence-electron chi connectivity index (χ4n) is 5.29. The fraction of sp³-hybridized carbons (Fsp3) is 0.357. The second-order valence-electron chi connectivity index (χ2n) is 9.42. The van der Waals surface area contributed by atoms with E-state index in [2.05, 4.69) is 0 Å². The molecule has 36 heavy (non-hydrogen) atoms. The first-order valence-corrected chi connectivity index (χ1v) is 12.3. The monoisotopic (exact) mass is 488 g/mol. The number of nitrogens with zero attached hydrogens (tertiary/aromatic N) is 2. The lowest BCUT2D eigenvalue weighted by Gasteiger charge is -2.22. The molecule has 5 rings (SSSR count). The van der Waals surface area contributed by atoms with E-state index >= 15 is 0 Å². The van der Waals surface area contributed by atoms with Gasteiger partial charge < -0.3 is 14.4 Å². The second kappa shape index (κ2) is 9.60. The number of ether oxygens (including phenoxy) is 2. The van der Waals surface area contributed by atoms with Crippen molar-refractivity contribution in [3.63, 3.8) is 0 Å². The molecule has 0 N–H and O–H groups in total. The van der Waals surface area contributed by atoms with Gasteiger partial charge in [-0.25, -0.2) is 4.90 Å². The lowest BCUT2D eigenvalue weighted by molar-refractivity contribution is -0.139. The Morgan fingerprint density at radius 3 is 2.50 bits per heavy atom. The van der Waals surface area contributed by atoms with Crippen LogP contribution in [0.15, 0.2) is 60.7 Å². The number of benzene rings is 2. The molecule has 1 aliphatic carbocycles. The molecular formula is C28H28N2O6. The number of carbonyl (C=O) groups excluding carboxylic acids is 4. The molecule has 186 valence electrons. The number of esters is 1. The topological polar surface area (TPSA) is 93.2 Å². The van der Waals surface area contributed by atoms with Crippen LogP contribution in [0.2, 0.25) is 0 Å². The van der Waals surface area contributed by atoms with E-state index < -0.39 is 11.9 Å². The van der Waals surface area contributed by atoms with Gasteiger partial charge in [0.1, 0.15) is 11.5 Å². The minimum absolute atomic E-state index is 0.00978. The Morgan fingerprint density at radius 2 is 1.78 bits per heavy atom. The summed E-state index contributed by atoms with van der Waals surface area (Å²) in [6.07, 6.45) is 4.53. The van der Waals surface area contributed by atoms with Gasteiger partial charge in [0.2, 0.25) is 17.7 Å². The van der Waals surface area contributed by atoms with Crippen LogP contribution < -0.4 is 19.3 Å². The van der Waals surface area contributed by atoms with E-state index in [0.29, 0.717) is 30.2 Å². The van der Waals surface area contributed by atoms with Crippen LogP contribution in [0.1, 0.15) is 26.7 Å². The van der Waals surface area contributed by atoms with Gasteiger partial charge in [0, 0.05) is 24.7 Å². The van der Waals surface area contributed by atoms with Gasteiger partial charge in [-0.2, -0.15) is 0 Å². The predicted molar refractivity (Wildman–Crippen MR) is 133 cm³/mol. The Kier molecular flexibility index (Phi) is 6.35. The first kappa shape index (κ1) is 23.8. The van der Waals surface area contributed by atoms with Crippen molar-refractivity contribution in [3.05, 3.63) is 60.7 Å². The molecule has 2 heterocycles. The lowest BCUT2D eigenvalue weighted by Crippen LogP contribution is -2.31. The van der Waals surface area contributed by atoms with Gasteiger partial charge in [-0.3, -0.25) is 19.2 Å². The summed E-state index contributed by atoms with van der Waals surface area (Å²) < 4.78 is 11.0. The molecule has 4 atom stereocenters. The maximum Gasteiger partial charge on any atom is 0.316 e. The Labute approximate surface area is 209 Å². The van der Waals surface area contributed by atoms with Crippen LogP contribution in [-0.4, -0.2) is 36.8 Å². The van der Waals surface area contributed by atoms with Crippen LogP contribution in [-0.2, 0) is 19.2 Å². The average Bonchev–Trinajstić information content (AvgIpc) is 3.38. The molecule has 2 saturated heterocycles. The van der Waals surface area contributed by atoms with Crippen LogP contribution in [0, 0.1) is 23.7 Å². The SMILES string of the molecule is CCOc1ccc(N2C[C@H](C(=O)Oc3cccc(N4C(=O)[C@@H]5[C@H](CC=C[C@@H]5C)C4=O)c3)CC2=O)cc1. The Balaban J connectivity index is 1.27. The largest absolute Gasteiger partial charge is 0.494 e. The van der Waals surface area contributed by atoms with Crippen LogP contribution in [0.3, 0.4) is 0 Å². The smallest absolute Gasteiger partial charge is 0.316 e. The van der Waals surface area contributed by atoms with E-state index in [9.17, 15) is 19.2 Å². The van der Waals surface area contributed by atoms with Crippen molar-refractivity contribution >= 4 is 35.1 Å². The third-order valence-corrected chi connectivity index (χ3v) is 7.08. The van der Waals surface area contributed by atoms with E-state index in [1.165, 1.54) is 11.0 Å². The maximum atomic E-state index is 13.1. The van der Waals surface area contributed by atoms with Crippen molar-refractivity contribution in [2.24, 2.45) is 23.7 Å². The number of rotatable bonds is 6. The van der Waals surface area contributed by atoms with Crippen LogP contribution in [0.4, 0.5) is 11.4 Å². The molecule has 0 aromatic heterocycles. The van der Waals surface area contributed by atoms with Crippen molar-refractivity contribution in [1.82, 2.24) is 0 Å². The summed E-state index contributed by atoms with van der Waals surface area (Å²) >= 11 is 0. The van der Waals surface area contributed by atoms with Crippen LogP contribution in [0.5, 0.6) is 11.5 Å². The van der Waals surface area contributed by atoms with E-state index in [1.54, 1.807) is 47.4 Å². The number of anilines is 2. The number of hydrogen-bond acceptors (Lipinski definition) is 6. The highest BCUT2D eigenvalue weighted by molar-refractivity contribution is 6.22. The van der Waals surface area contributed by atoms with Gasteiger partial charge >= 0.3 is 5.97 Å². The quantitative estimate of drug-likeness (QED) is 0.266. The Morgan fingerprint density at radius 1 is 1.00 bits per heavy atom. The highest BCUT2D eigenvalue weighted by atomic mass is 16.5. The van der Waals surface area contributed by atoms with Crippen LogP contribution >= 0.6 is 0 Å². The minimum Gasteiger partial charge on any atom is -0.494 e. The maximum absolute atomic E-state index is 13.1. The fourth-order valence-corrected chi connectivity index (χ4v) is 5.29. The van der Waals surface area contributed by atoms with E-state index in [4.69, 9.17) is 9.47 Å². The highest BCUT2D eigenvalue weighted by Gasteiger charge is 2.50. The van der Waals surface area contributed by atoms with Gasteiger partial charge in [0.25, 0.3) is 0 Å². The summed E-state index contributed by atoms with van der Waals surface area (Å²) in [5.41, 5.74) is 1.08. The van der Waals surface area contributed by atoms with Gasteiger partial charge in [-0.15, -0.1) is 0 Å². The van der Waals surface area contributed by atoms with Crippen molar-refractivity contribution < 1.29 is 28.7 Å². The zero-order chi connectivity index (χ0) is 25.4. The lowest BCUT2D eigenvalue weighted by atomic mass is 9.78. The van der Waals surface area contributed by atoms with Gasteiger partial charge in [-0.05, 0) is 55.7 Å². The summed E-state index contributed by atoms with van der Waals surface area (Å²) in [4.78, 5) is 54.4. The number of amides is 3. The third kappa shape index (κ3) is 4.27. The standard InChI is InChI=1S/C28H28N2O6/c1-3-35-21-12-10-19(11-13-21)29-16-18(14-24(29)31)28(34)36-22-8-5-7-20(15-22)30-26(32)23-9-4-6-17(2)25(23)27(30)33/h4-8,10-13,15,17-18,23,25H,3,9,14,16H2,1-2H3/t17-,18+,23-,25-/m0/s1. The predicted octanol–water partition coefficient (Wildman–Crippen LogP) is 3.75. The molecular weight excluding hydrogens is 460 g/mol. The van der Waals surface area contributed by atoms with E-state index in [0.717, 1.165) is 0 Å². The molecule has 2 aromatic carbocycles.